The van der Waals surface area contributed by atoms with E-state index in [1.807, 2.05) is 0 Å². The lowest BCUT2D eigenvalue weighted by atomic mass is 10.1. The number of hydrogen-bond donors (Lipinski definition) is 2. The van der Waals surface area contributed by atoms with Crippen LogP contribution in [-0.4, -0.2) is 37.4 Å². The third-order valence-corrected chi connectivity index (χ3v) is 3.84. The summed E-state index contributed by atoms with van der Waals surface area (Å²) in [7, 11) is 0. The van der Waals surface area contributed by atoms with Gasteiger partial charge >= 0.3 is 0 Å². The number of aryl methyl sites for hydroxylation is 1. The number of hydrogen-bond acceptors (Lipinski definition) is 4. The van der Waals surface area contributed by atoms with Crippen LogP contribution in [0.4, 0.5) is 0 Å². The van der Waals surface area contributed by atoms with Crippen molar-refractivity contribution < 1.29 is 14.6 Å². The maximum atomic E-state index is 11.2. The summed E-state index contributed by atoms with van der Waals surface area (Å²) in [5.41, 5.74) is 1.30. The average molecular weight is 293 g/mol. The van der Waals surface area contributed by atoms with E-state index in [4.69, 9.17) is 9.84 Å². The molecule has 0 fully saturated rings. The highest BCUT2D eigenvalue weighted by Gasteiger charge is 2.01. The Morgan fingerprint density at radius 3 is 3.10 bits per heavy atom. The van der Waals surface area contributed by atoms with Crippen molar-refractivity contribution in [2.75, 3.05) is 26.4 Å². The first-order valence-corrected chi connectivity index (χ1v) is 7.59. The SMILES string of the molecule is O=C(COCCCc1ccc2sccc2c1)NCCO. The Morgan fingerprint density at radius 1 is 1.35 bits per heavy atom. The maximum Gasteiger partial charge on any atom is 0.246 e. The number of amides is 1. The molecule has 0 unspecified atom stereocenters. The van der Waals surface area contributed by atoms with Crippen molar-refractivity contribution in [1.82, 2.24) is 5.32 Å². The Bertz CT molecular complexity index is 553. The second kappa shape index (κ2) is 7.99. The van der Waals surface area contributed by atoms with E-state index in [1.54, 1.807) is 11.3 Å². The van der Waals surface area contributed by atoms with Crippen molar-refractivity contribution in [3.8, 4) is 0 Å². The molecule has 108 valence electrons. The number of benzene rings is 1. The minimum absolute atomic E-state index is 0.0448. The molecule has 0 spiro atoms. The molecular formula is C15H19NO3S. The number of aliphatic hydroxyl groups is 1. The first-order valence-electron chi connectivity index (χ1n) is 6.71. The minimum atomic E-state index is -0.182. The topological polar surface area (TPSA) is 58.6 Å². The van der Waals surface area contributed by atoms with Crippen LogP contribution < -0.4 is 5.32 Å². The average Bonchev–Trinajstić information content (AvgIpc) is 2.92. The predicted molar refractivity (Wildman–Crippen MR) is 81.1 cm³/mol. The number of fused-ring (bicyclic) bond motifs is 1. The summed E-state index contributed by atoms with van der Waals surface area (Å²) in [6.07, 6.45) is 1.84. The maximum absolute atomic E-state index is 11.2. The predicted octanol–water partition coefficient (Wildman–Crippen LogP) is 1.96. The van der Waals surface area contributed by atoms with E-state index in [0.29, 0.717) is 6.61 Å². The van der Waals surface area contributed by atoms with Crippen LogP contribution in [0.1, 0.15) is 12.0 Å². The number of nitrogens with one attached hydrogen (secondary N) is 1. The number of aliphatic hydroxyl groups excluding tert-OH is 1. The molecule has 0 aliphatic rings. The summed E-state index contributed by atoms with van der Waals surface area (Å²) >= 11 is 1.75. The molecule has 5 heteroatoms. The molecule has 2 aromatic rings. The molecule has 2 N–H and O–H groups in total. The van der Waals surface area contributed by atoms with Crippen molar-refractivity contribution in [3.63, 3.8) is 0 Å². The number of rotatable bonds is 8. The highest BCUT2D eigenvalue weighted by molar-refractivity contribution is 7.17. The van der Waals surface area contributed by atoms with Crippen LogP contribution in [0.2, 0.25) is 0 Å². The lowest BCUT2D eigenvalue weighted by Crippen LogP contribution is -2.30. The van der Waals surface area contributed by atoms with Crippen LogP contribution in [0.25, 0.3) is 10.1 Å². The van der Waals surface area contributed by atoms with E-state index < -0.39 is 0 Å². The van der Waals surface area contributed by atoms with E-state index in [0.717, 1.165) is 12.8 Å². The van der Waals surface area contributed by atoms with Crippen molar-refractivity contribution in [1.29, 1.82) is 0 Å². The fourth-order valence-electron chi connectivity index (χ4n) is 1.96. The summed E-state index contributed by atoms with van der Waals surface area (Å²) in [5.74, 6) is -0.182. The van der Waals surface area contributed by atoms with Crippen LogP contribution in [0.5, 0.6) is 0 Å². The molecular weight excluding hydrogens is 274 g/mol. The zero-order valence-corrected chi connectivity index (χ0v) is 12.1. The summed E-state index contributed by atoms with van der Waals surface area (Å²) in [6.45, 7) is 0.859. The van der Waals surface area contributed by atoms with Gasteiger partial charge in [0.05, 0.1) is 6.61 Å². The Labute approximate surface area is 122 Å². The van der Waals surface area contributed by atoms with E-state index >= 15 is 0 Å². The highest BCUT2D eigenvalue weighted by atomic mass is 32.1. The molecule has 20 heavy (non-hydrogen) atoms. The van der Waals surface area contributed by atoms with Crippen LogP contribution >= 0.6 is 11.3 Å². The largest absolute Gasteiger partial charge is 0.395 e. The Kier molecular flexibility index (Phi) is 5.98. The molecule has 4 nitrogen and oxygen atoms in total. The lowest BCUT2D eigenvalue weighted by molar-refractivity contribution is -0.125. The molecule has 1 aromatic carbocycles. The van der Waals surface area contributed by atoms with Gasteiger partial charge < -0.3 is 15.2 Å². The molecule has 1 heterocycles. The lowest BCUT2D eigenvalue weighted by Gasteiger charge is -2.05. The zero-order chi connectivity index (χ0) is 14.2. The fourth-order valence-corrected chi connectivity index (χ4v) is 2.73. The number of thiophene rings is 1. The van der Waals surface area contributed by atoms with Crippen molar-refractivity contribution in [2.45, 2.75) is 12.8 Å². The van der Waals surface area contributed by atoms with Crippen LogP contribution in [-0.2, 0) is 16.0 Å². The van der Waals surface area contributed by atoms with Crippen LogP contribution in [0.15, 0.2) is 29.6 Å². The monoisotopic (exact) mass is 293 g/mol. The van der Waals surface area contributed by atoms with Crippen molar-refractivity contribution in [3.05, 3.63) is 35.2 Å². The molecule has 0 atom stereocenters. The van der Waals surface area contributed by atoms with Crippen molar-refractivity contribution >= 4 is 27.3 Å². The van der Waals surface area contributed by atoms with Gasteiger partial charge in [0.15, 0.2) is 0 Å². The Hall–Kier alpha value is -1.43. The molecule has 1 aromatic heterocycles. The van der Waals surface area contributed by atoms with E-state index in [-0.39, 0.29) is 25.7 Å². The Morgan fingerprint density at radius 2 is 2.25 bits per heavy atom. The third-order valence-electron chi connectivity index (χ3n) is 2.94. The van der Waals surface area contributed by atoms with Crippen LogP contribution in [0, 0.1) is 0 Å². The van der Waals surface area contributed by atoms with Gasteiger partial charge in [0.2, 0.25) is 5.91 Å². The normalized spacial score (nSPS) is 10.8. The third kappa shape index (κ3) is 4.59. The second-order valence-corrected chi connectivity index (χ2v) is 5.47. The van der Waals surface area contributed by atoms with Gasteiger partial charge in [-0.3, -0.25) is 4.79 Å². The van der Waals surface area contributed by atoms with E-state index in [2.05, 4.69) is 35.0 Å². The van der Waals surface area contributed by atoms with Gasteiger partial charge in [-0.15, -0.1) is 11.3 Å². The Balaban J connectivity index is 1.64. The minimum Gasteiger partial charge on any atom is -0.395 e. The summed E-state index contributed by atoms with van der Waals surface area (Å²) in [5, 5.41) is 14.5. The van der Waals surface area contributed by atoms with E-state index in [9.17, 15) is 4.79 Å². The second-order valence-electron chi connectivity index (χ2n) is 4.52. The summed E-state index contributed by atoms with van der Waals surface area (Å²) < 4.78 is 6.61. The molecule has 0 aliphatic heterocycles. The molecule has 0 bridgehead atoms. The van der Waals surface area contributed by atoms with Gasteiger partial charge in [-0.1, -0.05) is 12.1 Å². The van der Waals surface area contributed by atoms with Gasteiger partial charge in [-0.25, -0.2) is 0 Å². The summed E-state index contributed by atoms with van der Waals surface area (Å²) in [6, 6.07) is 8.64. The van der Waals surface area contributed by atoms with Gasteiger partial charge in [-0.05, 0) is 41.3 Å². The van der Waals surface area contributed by atoms with Crippen molar-refractivity contribution in [2.24, 2.45) is 0 Å². The zero-order valence-electron chi connectivity index (χ0n) is 11.3. The van der Waals surface area contributed by atoms with Gasteiger partial charge in [0.25, 0.3) is 0 Å². The summed E-state index contributed by atoms with van der Waals surface area (Å²) in [4.78, 5) is 11.2. The highest BCUT2D eigenvalue weighted by Crippen LogP contribution is 2.22. The molecule has 1 amide bonds. The van der Waals surface area contributed by atoms with Gasteiger partial charge in [-0.2, -0.15) is 0 Å². The van der Waals surface area contributed by atoms with E-state index in [1.165, 1.54) is 15.6 Å². The quantitative estimate of drug-likeness (QED) is 0.732. The van der Waals surface area contributed by atoms with Crippen LogP contribution in [0.3, 0.4) is 0 Å². The van der Waals surface area contributed by atoms with Gasteiger partial charge in [0, 0.05) is 17.9 Å². The fraction of sp³-hybridized carbons (Fsp3) is 0.400. The number of carbonyl (C=O) groups is 1. The first-order chi connectivity index (χ1) is 9.79. The number of carbonyl (C=O) groups excluding carboxylic acids is 1. The molecule has 2 rings (SSSR count). The molecule has 0 radical (unpaired) electrons. The number of ether oxygens (including phenoxy) is 1. The molecule has 0 aliphatic carbocycles. The molecule has 0 saturated carbocycles. The van der Waals surface area contributed by atoms with Gasteiger partial charge in [0.1, 0.15) is 6.61 Å². The smallest absolute Gasteiger partial charge is 0.246 e. The molecule has 0 saturated heterocycles. The standard InChI is InChI=1S/C15H19NO3S/c17-7-6-16-15(18)11-19-8-1-2-12-3-4-14-13(10-12)5-9-20-14/h3-5,9-10,17H,1-2,6-8,11H2,(H,16,18). The first kappa shape index (κ1) is 15.0.